The molecule has 26 heavy (non-hydrogen) atoms. The predicted molar refractivity (Wildman–Crippen MR) is 106 cm³/mol. The number of amides is 1. The van der Waals surface area contributed by atoms with E-state index in [1.54, 1.807) is 6.92 Å². The lowest BCUT2D eigenvalue weighted by Crippen LogP contribution is -2.47. The standard InChI is InChI=1S/C20H37NO4S/c1-13(15(22)8-9-18(2,3)4)17(23)21-16-11-14-7-10-20(16,19(14,5)6)12-26(21,24)25/h13-16,22,24-25H,7-12H2,1-6H3/t13-,14+,15-,16+,20+/m1/s1. The van der Waals surface area contributed by atoms with Gasteiger partial charge in [0.15, 0.2) is 0 Å². The SMILES string of the molecule is C[C@@H](C(=O)N1[C@H]2C[C@@H]3CC[C@@]2(CS1(O)O)C3(C)C)[C@H](O)CCC(C)(C)C. The molecule has 3 rings (SSSR count). The molecule has 5 nitrogen and oxygen atoms in total. The fourth-order valence-electron chi connectivity index (χ4n) is 5.81. The van der Waals surface area contributed by atoms with Crippen LogP contribution in [0.15, 0.2) is 0 Å². The highest BCUT2D eigenvalue weighted by Crippen LogP contribution is 2.76. The smallest absolute Gasteiger partial charge is 0.246 e. The zero-order valence-electron chi connectivity index (χ0n) is 17.2. The average molecular weight is 388 g/mol. The van der Waals surface area contributed by atoms with Gasteiger partial charge in [0.25, 0.3) is 0 Å². The fraction of sp³-hybridized carbons (Fsp3) is 0.950. The van der Waals surface area contributed by atoms with Gasteiger partial charge < -0.3 is 5.11 Å². The van der Waals surface area contributed by atoms with E-state index in [4.69, 9.17) is 0 Å². The van der Waals surface area contributed by atoms with Crippen LogP contribution in [0.3, 0.4) is 0 Å². The lowest BCUT2D eigenvalue weighted by Gasteiger charge is -2.41. The van der Waals surface area contributed by atoms with Gasteiger partial charge in [-0.3, -0.25) is 13.9 Å². The van der Waals surface area contributed by atoms with E-state index in [0.29, 0.717) is 18.1 Å². The topological polar surface area (TPSA) is 81.0 Å². The van der Waals surface area contributed by atoms with E-state index in [0.717, 1.165) is 25.7 Å². The van der Waals surface area contributed by atoms with Crippen LogP contribution < -0.4 is 0 Å². The van der Waals surface area contributed by atoms with Crippen LogP contribution in [0.1, 0.15) is 73.6 Å². The van der Waals surface area contributed by atoms with Gasteiger partial charge in [0.05, 0.1) is 23.8 Å². The molecule has 2 saturated carbocycles. The Kier molecular flexibility index (Phi) is 4.79. The minimum Gasteiger partial charge on any atom is -0.392 e. The maximum atomic E-state index is 13.2. The van der Waals surface area contributed by atoms with Crippen molar-refractivity contribution in [1.82, 2.24) is 4.31 Å². The van der Waals surface area contributed by atoms with Crippen molar-refractivity contribution >= 4 is 16.7 Å². The molecule has 1 heterocycles. The normalized spacial score (nSPS) is 38.1. The molecular formula is C20H37NO4S. The second-order valence-corrected chi connectivity index (χ2v) is 12.7. The summed E-state index contributed by atoms with van der Waals surface area (Å²) in [6, 6.07) is -0.0917. The van der Waals surface area contributed by atoms with Crippen molar-refractivity contribution in [2.45, 2.75) is 85.8 Å². The van der Waals surface area contributed by atoms with E-state index in [9.17, 15) is 19.0 Å². The van der Waals surface area contributed by atoms with Crippen LogP contribution in [0, 0.1) is 28.1 Å². The Hall–Kier alpha value is -0.300. The van der Waals surface area contributed by atoms with E-state index < -0.39 is 22.8 Å². The number of aliphatic hydroxyl groups excluding tert-OH is 1. The van der Waals surface area contributed by atoms with E-state index in [1.807, 2.05) is 0 Å². The van der Waals surface area contributed by atoms with Crippen LogP contribution in [0.25, 0.3) is 0 Å². The van der Waals surface area contributed by atoms with Gasteiger partial charge in [0, 0.05) is 5.41 Å². The summed E-state index contributed by atoms with van der Waals surface area (Å²) in [5.41, 5.74) is -0.0498. The lowest BCUT2D eigenvalue weighted by atomic mass is 9.69. The van der Waals surface area contributed by atoms with E-state index in [1.165, 1.54) is 4.31 Å². The molecular weight excluding hydrogens is 350 g/mol. The summed E-state index contributed by atoms with van der Waals surface area (Å²) >= 11 is 0. The largest absolute Gasteiger partial charge is 0.392 e. The van der Waals surface area contributed by atoms with Crippen LogP contribution in [0.5, 0.6) is 0 Å². The molecule has 3 aliphatic rings. The highest BCUT2D eigenvalue weighted by molar-refractivity contribution is 8.22. The number of fused-ring (bicyclic) bond motifs is 1. The maximum Gasteiger partial charge on any atom is 0.246 e. The van der Waals surface area contributed by atoms with Crippen molar-refractivity contribution in [1.29, 1.82) is 0 Å². The zero-order valence-corrected chi connectivity index (χ0v) is 18.0. The van der Waals surface area contributed by atoms with Gasteiger partial charge in [-0.1, -0.05) is 41.5 Å². The molecule has 2 bridgehead atoms. The summed E-state index contributed by atoms with van der Waals surface area (Å²) < 4.78 is 23.1. The Bertz CT molecular complexity index is 585. The van der Waals surface area contributed by atoms with Crippen molar-refractivity contribution in [3.8, 4) is 0 Å². The van der Waals surface area contributed by atoms with Crippen molar-refractivity contribution in [3.05, 3.63) is 0 Å². The monoisotopic (exact) mass is 387 g/mol. The molecule has 3 N–H and O–H groups in total. The molecule has 6 heteroatoms. The number of hydrogen-bond acceptors (Lipinski definition) is 4. The van der Waals surface area contributed by atoms with Gasteiger partial charge in [-0.25, -0.2) is 4.31 Å². The quantitative estimate of drug-likeness (QED) is 0.663. The van der Waals surface area contributed by atoms with Crippen molar-refractivity contribution < 1.29 is 19.0 Å². The third kappa shape index (κ3) is 2.92. The molecule has 0 unspecified atom stereocenters. The summed E-state index contributed by atoms with van der Waals surface area (Å²) in [6.45, 7) is 12.5. The molecule has 5 atom stereocenters. The maximum absolute atomic E-state index is 13.2. The fourth-order valence-corrected chi connectivity index (χ4v) is 8.50. The van der Waals surface area contributed by atoms with Gasteiger partial charge in [-0.15, -0.1) is 10.8 Å². The van der Waals surface area contributed by atoms with Crippen LogP contribution >= 0.6 is 10.8 Å². The number of nitrogens with zero attached hydrogens (tertiary/aromatic N) is 1. The zero-order chi connectivity index (χ0) is 19.7. The minimum atomic E-state index is -3.11. The van der Waals surface area contributed by atoms with Gasteiger partial charge >= 0.3 is 0 Å². The second kappa shape index (κ2) is 6.10. The summed E-state index contributed by atoms with van der Waals surface area (Å²) in [7, 11) is -3.11. The Morgan fingerprint density at radius 1 is 1.31 bits per heavy atom. The first-order chi connectivity index (χ1) is 11.7. The number of hydrogen-bond donors (Lipinski definition) is 3. The molecule has 0 radical (unpaired) electrons. The lowest BCUT2D eigenvalue weighted by molar-refractivity contribution is -0.136. The minimum absolute atomic E-state index is 0.0322. The molecule has 3 fully saturated rings. The Labute approximate surface area is 160 Å². The van der Waals surface area contributed by atoms with E-state index >= 15 is 0 Å². The van der Waals surface area contributed by atoms with Crippen molar-refractivity contribution in [3.63, 3.8) is 0 Å². The highest BCUT2D eigenvalue weighted by Gasteiger charge is 2.72. The number of rotatable bonds is 4. The van der Waals surface area contributed by atoms with Crippen molar-refractivity contribution in [2.75, 3.05) is 5.75 Å². The van der Waals surface area contributed by atoms with Gasteiger partial charge in [0.2, 0.25) is 5.91 Å². The second-order valence-electron chi connectivity index (χ2n) is 10.8. The van der Waals surface area contributed by atoms with E-state index in [2.05, 4.69) is 34.6 Å². The summed E-state index contributed by atoms with van der Waals surface area (Å²) in [5.74, 6) is -0.0398. The number of carbonyl (C=O) groups excluding carboxylic acids is 1. The molecule has 0 aromatic carbocycles. The molecule has 2 aliphatic carbocycles. The number of aliphatic hydroxyl groups is 1. The van der Waals surface area contributed by atoms with Crippen LogP contribution in [0.4, 0.5) is 0 Å². The predicted octanol–water partition coefficient (Wildman–Crippen LogP) is 4.51. The Morgan fingerprint density at radius 3 is 2.46 bits per heavy atom. The molecule has 0 aromatic rings. The summed E-state index contributed by atoms with van der Waals surface area (Å²) in [6.07, 6.45) is 3.57. The molecule has 1 amide bonds. The first-order valence-corrected chi connectivity index (χ1v) is 11.7. The first-order valence-electron chi connectivity index (χ1n) is 10.0. The summed E-state index contributed by atoms with van der Waals surface area (Å²) in [5, 5.41) is 10.6. The molecule has 0 aromatic heterocycles. The van der Waals surface area contributed by atoms with Gasteiger partial charge in [-0.05, 0) is 48.9 Å². The molecule has 1 aliphatic heterocycles. The highest BCUT2D eigenvalue weighted by atomic mass is 32.3. The Morgan fingerprint density at radius 2 is 1.92 bits per heavy atom. The first kappa shape index (κ1) is 20.4. The van der Waals surface area contributed by atoms with E-state index in [-0.39, 0.29) is 28.2 Å². The Balaban J connectivity index is 1.79. The van der Waals surface area contributed by atoms with Gasteiger partial charge in [0.1, 0.15) is 0 Å². The third-order valence-corrected chi connectivity index (χ3v) is 9.78. The average Bonchev–Trinajstić information content (AvgIpc) is 2.97. The van der Waals surface area contributed by atoms with Crippen LogP contribution in [-0.2, 0) is 4.79 Å². The molecule has 1 spiro atoms. The summed E-state index contributed by atoms with van der Waals surface area (Å²) in [4.78, 5) is 13.2. The van der Waals surface area contributed by atoms with Crippen molar-refractivity contribution in [2.24, 2.45) is 28.1 Å². The van der Waals surface area contributed by atoms with Crippen LogP contribution in [-0.4, -0.2) is 42.3 Å². The van der Waals surface area contributed by atoms with Crippen LogP contribution in [0.2, 0.25) is 0 Å². The molecule has 152 valence electrons. The number of carbonyl (C=O) groups is 1. The third-order valence-electron chi connectivity index (χ3n) is 7.81. The van der Waals surface area contributed by atoms with Gasteiger partial charge in [-0.2, -0.15) is 0 Å². The molecule has 1 saturated heterocycles.